The molecule has 0 aliphatic carbocycles. The summed E-state index contributed by atoms with van der Waals surface area (Å²) in [6.45, 7) is 7.67. The number of aromatic nitrogens is 1. The summed E-state index contributed by atoms with van der Waals surface area (Å²) in [4.78, 5) is 6.88. The molecule has 1 N–H and O–H groups in total. The van der Waals surface area contributed by atoms with Crippen LogP contribution in [0.4, 0.5) is 5.82 Å². The fourth-order valence-corrected chi connectivity index (χ4v) is 2.46. The Bertz CT molecular complexity index is 433. The molecule has 0 spiro atoms. The molecule has 4 nitrogen and oxygen atoms in total. The number of rotatable bonds is 6. The number of halogens is 1. The summed E-state index contributed by atoms with van der Waals surface area (Å²) in [5.41, 5.74) is 0.913. The van der Waals surface area contributed by atoms with Crippen molar-refractivity contribution in [2.75, 3.05) is 31.7 Å². The van der Waals surface area contributed by atoms with E-state index in [1.54, 1.807) is 0 Å². The molecule has 0 amide bonds. The van der Waals surface area contributed by atoms with E-state index in [1.165, 1.54) is 0 Å². The topological polar surface area (TPSA) is 37.4 Å². The zero-order chi connectivity index (χ0) is 14.5. The number of hydrogen-bond donors (Lipinski definition) is 1. The quantitative estimate of drug-likeness (QED) is 0.876. The van der Waals surface area contributed by atoms with Crippen molar-refractivity contribution in [1.29, 1.82) is 0 Å². The number of hydrogen-bond acceptors (Lipinski definition) is 4. The van der Waals surface area contributed by atoms with Crippen molar-refractivity contribution in [3.63, 3.8) is 0 Å². The van der Waals surface area contributed by atoms with Crippen LogP contribution in [0, 0.1) is 5.92 Å². The number of ether oxygens (including phenoxy) is 1. The Morgan fingerprint density at radius 2 is 2.30 bits per heavy atom. The lowest BCUT2D eigenvalue weighted by atomic mass is 10.2. The molecule has 1 saturated heterocycles. The second kappa shape index (κ2) is 7.25. The standard InChI is InChI=1S/C15H24ClN3O/c1-11(2)8-17-9-14-13(16)4-5-15(18-14)19(3)12-6-7-20-10-12/h4-5,11-12,17H,6-10H2,1-3H3. The van der Waals surface area contributed by atoms with Gasteiger partial charge in [-0.1, -0.05) is 25.4 Å². The minimum Gasteiger partial charge on any atom is -0.379 e. The molecule has 1 unspecified atom stereocenters. The lowest BCUT2D eigenvalue weighted by Crippen LogP contribution is -2.32. The van der Waals surface area contributed by atoms with Gasteiger partial charge >= 0.3 is 0 Å². The number of anilines is 1. The molecule has 1 atom stereocenters. The molecule has 1 aliphatic heterocycles. The molecular weight excluding hydrogens is 274 g/mol. The highest BCUT2D eigenvalue weighted by atomic mass is 35.5. The van der Waals surface area contributed by atoms with Gasteiger partial charge in [0.15, 0.2) is 0 Å². The van der Waals surface area contributed by atoms with Crippen LogP contribution in [0.15, 0.2) is 12.1 Å². The molecule has 5 heteroatoms. The van der Waals surface area contributed by atoms with Gasteiger partial charge in [0.1, 0.15) is 5.82 Å². The van der Waals surface area contributed by atoms with Gasteiger partial charge in [-0.2, -0.15) is 0 Å². The van der Waals surface area contributed by atoms with Gasteiger partial charge in [-0.05, 0) is 31.0 Å². The predicted molar refractivity (Wildman–Crippen MR) is 83.4 cm³/mol. The maximum atomic E-state index is 6.23. The monoisotopic (exact) mass is 297 g/mol. The van der Waals surface area contributed by atoms with E-state index in [0.29, 0.717) is 18.5 Å². The summed E-state index contributed by atoms with van der Waals surface area (Å²) >= 11 is 6.23. The number of nitrogens with one attached hydrogen (secondary N) is 1. The van der Waals surface area contributed by atoms with Gasteiger partial charge in [0.2, 0.25) is 0 Å². The van der Waals surface area contributed by atoms with Gasteiger partial charge in [0, 0.05) is 20.2 Å². The van der Waals surface area contributed by atoms with Crippen LogP contribution < -0.4 is 10.2 Å². The van der Waals surface area contributed by atoms with Gasteiger partial charge in [0.05, 0.1) is 23.4 Å². The van der Waals surface area contributed by atoms with Crippen molar-refractivity contribution >= 4 is 17.4 Å². The second-order valence-electron chi connectivity index (χ2n) is 5.75. The predicted octanol–water partition coefficient (Wildman–Crippen LogP) is 2.71. The van der Waals surface area contributed by atoms with Crippen LogP contribution in [0.1, 0.15) is 26.0 Å². The van der Waals surface area contributed by atoms with E-state index in [2.05, 4.69) is 36.1 Å². The Labute approximate surface area is 126 Å². The van der Waals surface area contributed by atoms with E-state index in [9.17, 15) is 0 Å². The van der Waals surface area contributed by atoms with Crippen LogP contribution in [-0.2, 0) is 11.3 Å². The van der Waals surface area contributed by atoms with Crippen LogP contribution in [0.25, 0.3) is 0 Å². The minimum absolute atomic E-state index is 0.417. The van der Waals surface area contributed by atoms with Crippen molar-refractivity contribution in [3.8, 4) is 0 Å². The fraction of sp³-hybridized carbons (Fsp3) is 0.667. The van der Waals surface area contributed by atoms with Crippen LogP contribution in [0.2, 0.25) is 5.02 Å². The Morgan fingerprint density at radius 3 is 2.95 bits per heavy atom. The van der Waals surface area contributed by atoms with Crippen molar-refractivity contribution in [2.45, 2.75) is 32.9 Å². The molecule has 20 heavy (non-hydrogen) atoms. The molecule has 0 bridgehead atoms. The van der Waals surface area contributed by atoms with Gasteiger partial charge in [0.25, 0.3) is 0 Å². The van der Waals surface area contributed by atoms with Crippen LogP contribution in [-0.4, -0.2) is 37.8 Å². The second-order valence-corrected chi connectivity index (χ2v) is 6.16. The third-order valence-electron chi connectivity index (χ3n) is 3.56. The van der Waals surface area contributed by atoms with Crippen LogP contribution >= 0.6 is 11.6 Å². The Hall–Kier alpha value is -0.840. The highest BCUT2D eigenvalue weighted by molar-refractivity contribution is 6.31. The lowest BCUT2D eigenvalue weighted by Gasteiger charge is -2.25. The number of likely N-dealkylation sites (N-methyl/N-ethyl adjacent to an activating group) is 1. The molecule has 1 fully saturated rings. The van der Waals surface area contributed by atoms with E-state index < -0.39 is 0 Å². The summed E-state index contributed by atoms with van der Waals surface area (Å²) in [5.74, 6) is 1.58. The third-order valence-corrected chi connectivity index (χ3v) is 3.91. The SMILES string of the molecule is CC(C)CNCc1nc(N(C)C2CCOC2)ccc1Cl. The normalized spacial score (nSPS) is 18.8. The average Bonchev–Trinajstić information content (AvgIpc) is 2.93. The van der Waals surface area contributed by atoms with Gasteiger partial charge in [-0.25, -0.2) is 4.98 Å². The van der Waals surface area contributed by atoms with E-state index >= 15 is 0 Å². The van der Waals surface area contributed by atoms with Crippen LogP contribution in [0.3, 0.4) is 0 Å². The highest BCUT2D eigenvalue weighted by Crippen LogP contribution is 2.22. The van der Waals surface area contributed by atoms with E-state index in [4.69, 9.17) is 16.3 Å². The first-order valence-electron chi connectivity index (χ1n) is 7.24. The molecule has 112 valence electrons. The summed E-state index contributed by atoms with van der Waals surface area (Å²) < 4.78 is 5.44. The average molecular weight is 298 g/mol. The van der Waals surface area contributed by atoms with Crippen molar-refractivity contribution in [2.24, 2.45) is 5.92 Å². The van der Waals surface area contributed by atoms with Crippen LogP contribution in [0.5, 0.6) is 0 Å². The maximum Gasteiger partial charge on any atom is 0.129 e. The highest BCUT2D eigenvalue weighted by Gasteiger charge is 2.21. The first-order chi connectivity index (χ1) is 9.58. The number of pyridine rings is 1. The van der Waals surface area contributed by atoms with Gasteiger partial charge in [-0.15, -0.1) is 0 Å². The molecule has 0 aromatic carbocycles. The molecule has 1 aliphatic rings. The molecule has 2 rings (SSSR count). The zero-order valence-electron chi connectivity index (χ0n) is 12.5. The maximum absolute atomic E-state index is 6.23. The van der Waals surface area contributed by atoms with Gasteiger partial charge < -0.3 is 15.0 Å². The smallest absolute Gasteiger partial charge is 0.129 e. The Balaban J connectivity index is 2.03. The minimum atomic E-state index is 0.417. The van der Waals surface area contributed by atoms with E-state index in [1.807, 2.05) is 12.1 Å². The van der Waals surface area contributed by atoms with Crippen molar-refractivity contribution in [3.05, 3.63) is 22.8 Å². The molecule has 0 radical (unpaired) electrons. The zero-order valence-corrected chi connectivity index (χ0v) is 13.3. The Morgan fingerprint density at radius 1 is 1.50 bits per heavy atom. The summed E-state index contributed by atoms with van der Waals surface area (Å²) in [7, 11) is 2.07. The van der Waals surface area contributed by atoms with Gasteiger partial charge in [-0.3, -0.25) is 0 Å². The van der Waals surface area contributed by atoms with Crippen molar-refractivity contribution < 1.29 is 4.74 Å². The Kier molecular flexibility index (Phi) is 5.64. The first-order valence-corrected chi connectivity index (χ1v) is 7.62. The molecular formula is C15H24ClN3O. The number of nitrogens with zero attached hydrogens (tertiary/aromatic N) is 2. The summed E-state index contributed by atoms with van der Waals surface area (Å²) in [6.07, 6.45) is 1.06. The fourth-order valence-electron chi connectivity index (χ4n) is 2.29. The molecule has 0 saturated carbocycles. The first kappa shape index (κ1) is 15.5. The molecule has 1 aromatic rings. The van der Waals surface area contributed by atoms with E-state index in [-0.39, 0.29) is 0 Å². The molecule has 1 aromatic heterocycles. The summed E-state index contributed by atoms with van der Waals surface area (Å²) in [5, 5.41) is 4.11. The van der Waals surface area contributed by atoms with Crippen molar-refractivity contribution in [1.82, 2.24) is 10.3 Å². The largest absolute Gasteiger partial charge is 0.379 e. The summed E-state index contributed by atoms with van der Waals surface area (Å²) in [6, 6.07) is 4.33. The molecule has 2 heterocycles. The van der Waals surface area contributed by atoms with E-state index in [0.717, 1.165) is 42.7 Å². The lowest BCUT2D eigenvalue weighted by molar-refractivity contribution is 0.193. The third kappa shape index (κ3) is 4.08.